The van der Waals surface area contributed by atoms with Crippen molar-refractivity contribution in [2.75, 3.05) is 13.1 Å². The molecule has 1 aliphatic heterocycles. The third-order valence-electron chi connectivity index (χ3n) is 3.98. The van der Waals surface area contributed by atoms with Gasteiger partial charge in [-0.2, -0.15) is 0 Å². The highest BCUT2D eigenvalue weighted by Crippen LogP contribution is 2.42. The van der Waals surface area contributed by atoms with Gasteiger partial charge in [-0.1, -0.05) is 13.8 Å². The summed E-state index contributed by atoms with van der Waals surface area (Å²) in [6, 6.07) is 0. The van der Waals surface area contributed by atoms with Crippen LogP contribution in [0.4, 0.5) is 0 Å². The number of rotatable bonds is 1. The smallest absolute Gasteiger partial charge is 0.0856 e. The molecular formula is C11H22N2O. The summed E-state index contributed by atoms with van der Waals surface area (Å²) >= 11 is 0. The lowest BCUT2D eigenvalue weighted by Gasteiger charge is -2.55. The standard InChI is InChI=1S/C11H22N2O/c1-8-3-9(2)5-11(14,4-8)10(12)6-13-7-10/h8-9,13-14H,3-7,12H2,1-2H3. The second kappa shape index (κ2) is 3.19. The van der Waals surface area contributed by atoms with E-state index in [-0.39, 0.29) is 5.54 Å². The van der Waals surface area contributed by atoms with E-state index in [2.05, 4.69) is 19.2 Å². The lowest BCUT2D eigenvalue weighted by molar-refractivity contribution is -0.107. The van der Waals surface area contributed by atoms with Gasteiger partial charge in [-0.15, -0.1) is 0 Å². The molecule has 2 fully saturated rings. The SMILES string of the molecule is CC1CC(C)CC(O)(C2(N)CNC2)C1. The number of nitrogens with two attached hydrogens (primary N) is 1. The molecule has 4 N–H and O–H groups in total. The maximum absolute atomic E-state index is 10.6. The lowest BCUT2D eigenvalue weighted by atomic mass is 9.63. The van der Waals surface area contributed by atoms with E-state index < -0.39 is 5.60 Å². The molecule has 1 heterocycles. The van der Waals surface area contributed by atoms with Gasteiger partial charge in [0.25, 0.3) is 0 Å². The Balaban J connectivity index is 2.13. The zero-order valence-electron chi connectivity index (χ0n) is 9.21. The van der Waals surface area contributed by atoms with Gasteiger partial charge in [-0.3, -0.25) is 0 Å². The highest BCUT2D eigenvalue weighted by molar-refractivity contribution is 5.13. The van der Waals surface area contributed by atoms with Crippen molar-refractivity contribution >= 4 is 0 Å². The van der Waals surface area contributed by atoms with Gasteiger partial charge in [0.05, 0.1) is 11.1 Å². The van der Waals surface area contributed by atoms with Crippen molar-refractivity contribution in [3.8, 4) is 0 Å². The van der Waals surface area contributed by atoms with E-state index in [0.717, 1.165) is 25.9 Å². The van der Waals surface area contributed by atoms with Gasteiger partial charge in [0.1, 0.15) is 0 Å². The van der Waals surface area contributed by atoms with Crippen LogP contribution >= 0.6 is 0 Å². The monoisotopic (exact) mass is 198 g/mol. The van der Waals surface area contributed by atoms with Gasteiger partial charge >= 0.3 is 0 Å². The fourth-order valence-electron chi connectivity index (χ4n) is 3.22. The van der Waals surface area contributed by atoms with Crippen LogP contribution in [0.1, 0.15) is 33.1 Å². The Morgan fingerprint density at radius 1 is 1.21 bits per heavy atom. The van der Waals surface area contributed by atoms with E-state index >= 15 is 0 Å². The molecule has 0 amide bonds. The summed E-state index contributed by atoms with van der Waals surface area (Å²) in [4.78, 5) is 0. The molecule has 14 heavy (non-hydrogen) atoms. The van der Waals surface area contributed by atoms with Crippen LogP contribution in [-0.2, 0) is 0 Å². The Hall–Kier alpha value is -0.120. The van der Waals surface area contributed by atoms with Crippen LogP contribution in [0.25, 0.3) is 0 Å². The van der Waals surface area contributed by atoms with E-state index in [1.165, 1.54) is 6.42 Å². The van der Waals surface area contributed by atoms with Crippen LogP contribution in [-0.4, -0.2) is 29.3 Å². The Bertz CT molecular complexity index is 215. The summed E-state index contributed by atoms with van der Waals surface area (Å²) in [7, 11) is 0. The Labute approximate surface area is 86.1 Å². The van der Waals surface area contributed by atoms with E-state index in [9.17, 15) is 5.11 Å². The van der Waals surface area contributed by atoms with Crippen molar-refractivity contribution < 1.29 is 5.11 Å². The fraction of sp³-hybridized carbons (Fsp3) is 1.00. The van der Waals surface area contributed by atoms with Crippen LogP contribution in [0.2, 0.25) is 0 Å². The molecule has 0 aromatic heterocycles. The van der Waals surface area contributed by atoms with Crippen molar-refractivity contribution in [2.24, 2.45) is 17.6 Å². The first kappa shape index (κ1) is 10.4. The molecule has 1 saturated carbocycles. The number of aliphatic hydroxyl groups is 1. The largest absolute Gasteiger partial charge is 0.388 e. The predicted molar refractivity (Wildman–Crippen MR) is 56.9 cm³/mol. The first-order valence-corrected chi connectivity index (χ1v) is 5.67. The van der Waals surface area contributed by atoms with Crippen molar-refractivity contribution in [1.82, 2.24) is 5.32 Å². The van der Waals surface area contributed by atoms with Gasteiger partial charge in [-0.25, -0.2) is 0 Å². The minimum absolute atomic E-state index is 0.365. The van der Waals surface area contributed by atoms with E-state index in [0.29, 0.717) is 11.8 Å². The van der Waals surface area contributed by atoms with Crippen LogP contribution in [0.5, 0.6) is 0 Å². The van der Waals surface area contributed by atoms with Gasteiger partial charge in [0, 0.05) is 13.1 Å². The summed E-state index contributed by atoms with van der Waals surface area (Å²) in [6.45, 7) is 5.97. The molecule has 1 saturated heterocycles. The molecule has 2 aliphatic rings. The average Bonchev–Trinajstić information content (AvgIpc) is 1.97. The molecular weight excluding hydrogens is 176 g/mol. The molecule has 0 spiro atoms. The van der Waals surface area contributed by atoms with Gasteiger partial charge in [0.2, 0.25) is 0 Å². The van der Waals surface area contributed by atoms with Gasteiger partial charge < -0.3 is 16.2 Å². The Kier molecular flexibility index (Phi) is 2.37. The second-order valence-corrected chi connectivity index (χ2v) is 5.65. The second-order valence-electron chi connectivity index (χ2n) is 5.65. The third kappa shape index (κ3) is 1.47. The Morgan fingerprint density at radius 3 is 2.07 bits per heavy atom. The lowest BCUT2D eigenvalue weighted by Crippen LogP contribution is -2.78. The molecule has 82 valence electrons. The minimum atomic E-state index is -0.630. The summed E-state index contributed by atoms with van der Waals surface area (Å²) in [6.07, 6.45) is 2.97. The highest BCUT2D eigenvalue weighted by atomic mass is 16.3. The van der Waals surface area contributed by atoms with E-state index in [1.54, 1.807) is 0 Å². The molecule has 0 bridgehead atoms. The van der Waals surface area contributed by atoms with Crippen molar-refractivity contribution in [3.63, 3.8) is 0 Å². The molecule has 2 atom stereocenters. The molecule has 0 aromatic rings. The van der Waals surface area contributed by atoms with Crippen LogP contribution in [0.3, 0.4) is 0 Å². The Morgan fingerprint density at radius 2 is 1.71 bits per heavy atom. The maximum atomic E-state index is 10.6. The third-order valence-corrected chi connectivity index (χ3v) is 3.98. The molecule has 1 aliphatic carbocycles. The number of hydrogen-bond acceptors (Lipinski definition) is 3. The van der Waals surface area contributed by atoms with Gasteiger partial charge in [-0.05, 0) is 31.1 Å². The van der Waals surface area contributed by atoms with Crippen LogP contribution < -0.4 is 11.1 Å². The van der Waals surface area contributed by atoms with Gasteiger partial charge in [0.15, 0.2) is 0 Å². The minimum Gasteiger partial charge on any atom is -0.388 e. The van der Waals surface area contributed by atoms with Crippen LogP contribution in [0.15, 0.2) is 0 Å². The summed E-state index contributed by atoms with van der Waals surface area (Å²) in [5.41, 5.74) is 5.23. The highest BCUT2D eigenvalue weighted by Gasteiger charge is 2.53. The molecule has 2 unspecified atom stereocenters. The molecule has 3 nitrogen and oxygen atoms in total. The fourth-order valence-corrected chi connectivity index (χ4v) is 3.22. The van der Waals surface area contributed by atoms with E-state index in [4.69, 9.17) is 5.73 Å². The zero-order chi connectivity index (χ0) is 10.4. The summed E-state index contributed by atoms with van der Waals surface area (Å²) < 4.78 is 0. The van der Waals surface area contributed by atoms with Crippen molar-refractivity contribution in [3.05, 3.63) is 0 Å². The topological polar surface area (TPSA) is 58.3 Å². The maximum Gasteiger partial charge on any atom is 0.0856 e. The molecule has 2 rings (SSSR count). The van der Waals surface area contributed by atoms with E-state index in [1.807, 2.05) is 0 Å². The van der Waals surface area contributed by atoms with Crippen molar-refractivity contribution in [1.29, 1.82) is 0 Å². The molecule has 3 heteroatoms. The summed E-state index contributed by atoms with van der Waals surface area (Å²) in [5, 5.41) is 13.8. The normalized spacial score (nSPS) is 47.1. The molecule has 0 radical (unpaired) electrons. The first-order valence-electron chi connectivity index (χ1n) is 5.67. The average molecular weight is 198 g/mol. The predicted octanol–water partition coefficient (Wildman–Crippen LogP) is 0.474. The zero-order valence-corrected chi connectivity index (χ0v) is 9.21. The molecule has 0 aromatic carbocycles. The first-order chi connectivity index (χ1) is 6.45. The number of nitrogens with one attached hydrogen (secondary N) is 1. The van der Waals surface area contributed by atoms with Crippen molar-refractivity contribution in [2.45, 2.75) is 44.2 Å². The summed E-state index contributed by atoms with van der Waals surface area (Å²) in [5.74, 6) is 1.20. The quantitative estimate of drug-likeness (QED) is 0.574. The van der Waals surface area contributed by atoms with Crippen LogP contribution in [0, 0.1) is 11.8 Å². The number of hydrogen-bond donors (Lipinski definition) is 3.